The van der Waals surface area contributed by atoms with E-state index in [1.807, 2.05) is 18.7 Å². The zero-order valence-corrected chi connectivity index (χ0v) is 14.5. The van der Waals surface area contributed by atoms with Crippen molar-refractivity contribution < 1.29 is 0 Å². The molecule has 1 saturated carbocycles. The predicted molar refractivity (Wildman–Crippen MR) is 89.9 cm³/mol. The number of hydrogen-bond donors (Lipinski definition) is 1. The molecule has 1 aromatic rings. The van der Waals surface area contributed by atoms with Gasteiger partial charge in [-0.05, 0) is 57.5 Å². The Labute approximate surface area is 134 Å². The smallest absolute Gasteiger partial charge is 0.0847 e. The molecule has 2 rings (SSSR count). The minimum atomic E-state index is 0.740. The maximum Gasteiger partial charge on any atom is 0.0847 e. The van der Waals surface area contributed by atoms with Gasteiger partial charge >= 0.3 is 0 Å². The number of rotatable bonds is 6. The second-order valence-electron chi connectivity index (χ2n) is 6.54. The van der Waals surface area contributed by atoms with E-state index in [0.29, 0.717) is 0 Å². The third-order valence-electron chi connectivity index (χ3n) is 4.87. The lowest BCUT2D eigenvalue weighted by Gasteiger charge is -2.25. The Morgan fingerprint density at radius 1 is 1.24 bits per heavy atom. The highest BCUT2D eigenvalue weighted by molar-refractivity contribution is 6.31. The summed E-state index contributed by atoms with van der Waals surface area (Å²) in [6.45, 7) is 6.52. The van der Waals surface area contributed by atoms with E-state index in [9.17, 15) is 0 Å². The van der Waals surface area contributed by atoms with Crippen molar-refractivity contribution in [1.29, 1.82) is 0 Å². The molecule has 1 N–H and O–H groups in total. The Balaban J connectivity index is 2.05. The molecule has 1 aliphatic rings. The second kappa shape index (κ2) is 8.19. The highest BCUT2D eigenvalue weighted by Crippen LogP contribution is 2.33. The van der Waals surface area contributed by atoms with Crippen LogP contribution in [0, 0.1) is 18.8 Å². The van der Waals surface area contributed by atoms with Gasteiger partial charge in [0.25, 0.3) is 0 Å². The van der Waals surface area contributed by atoms with E-state index in [1.165, 1.54) is 44.2 Å². The monoisotopic (exact) mass is 311 g/mol. The van der Waals surface area contributed by atoms with E-state index in [-0.39, 0.29) is 0 Å². The third-order valence-corrected chi connectivity index (χ3v) is 5.36. The average molecular weight is 312 g/mol. The molecule has 3 nitrogen and oxygen atoms in total. The topological polar surface area (TPSA) is 29.9 Å². The molecule has 4 heteroatoms. The summed E-state index contributed by atoms with van der Waals surface area (Å²) in [7, 11) is 2.02. The number of nitrogens with zero attached hydrogens (tertiary/aromatic N) is 2. The van der Waals surface area contributed by atoms with Crippen molar-refractivity contribution in [3.63, 3.8) is 0 Å². The predicted octanol–water partition coefficient (Wildman–Crippen LogP) is 4.12. The van der Waals surface area contributed by atoms with Crippen LogP contribution in [0.25, 0.3) is 0 Å². The summed E-state index contributed by atoms with van der Waals surface area (Å²) in [5.41, 5.74) is 2.19. The molecule has 0 spiro atoms. The van der Waals surface area contributed by atoms with Crippen LogP contribution in [0.2, 0.25) is 5.02 Å². The molecular formula is C17H30ClN3. The number of halogens is 1. The lowest BCUT2D eigenvalue weighted by Crippen LogP contribution is -2.29. The molecule has 0 aromatic carbocycles. The highest BCUT2D eigenvalue weighted by atomic mass is 35.5. The molecule has 0 bridgehead atoms. The molecule has 0 aliphatic heterocycles. The molecule has 2 atom stereocenters. The number of aromatic nitrogens is 2. The van der Waals surface area contributed by atoms with Crippen LogP contribution in [0.1, 0.15) is 56.8 Å². The SMILES string of the molecule is CCCNCC1CCCCCC1Cc1c(Cl)c(C)nn1C. The fourth-order valence-corrected chi connectivity index (χ4v) is 3.85. The van der Waals surface area contributed by atoms with Gasteiger partial charge < -0.3 is 5.32 Å². The van der Waals surface area contributed by atoms with E-state index in [0.717, 1.165) is 42.1 Å². The van der Waals surface area contributed by atoms with Crippen LogP contribution in [0.4, 0.5) is 0 Å². The summed E-state index contributed by atoms with van der Waals surface area (Å²) < 4.78 is 1.99. The Hall–Kier alpha value is -0.540. The van der Waals surface area contributed by atoms with Crippen molar-refractivity contribution in [1.82, 2.24) is 15.1 Å². The van der Waals surface area contributed by atoms with Gasteiger partial charge in [0, 0.05) is 7.05 Å². The van der Waals surface area contributed by atoms with E-state index < -0.39 is 0 Å². The summed E-state index contributed by atoms with van der Waals surface area (Å²) in [4.78, 5) is 0. The van der Waals surface area contributed by atoms with Gasteiger partial charge in [-0.1, -0.05) is 37.8 Å². The summed E-state index contributed by atoms with van der Waals surface area (Å²) in [6, 6.07) is 0. The van der Waals surface area contributed by atoms with Crippen LogP contribution in [0.5, 0.6) is 0 Å². The van der Waals surface area contributed by atoms with Crippen molar-refractivity contribution in [2.75, 3.05) is 13.1 Å². The standard InChI is InChI=1S/C17H30ClN3/c1-4-10-19-12-15-9-7-5-6-8-14(15)11-16-17(18)13(2)20-21(16)3/h14-15,19H,4-12H2,1-3H3. The van der Waals surface area contributed by atoms with Gasteiger partial charge in [-0.25, -0.2) is 0 Å². The fraction of sp³-hybridized carbons (Fsp3) is 0.824. The van der Waals surface area contributed by atoms with Crippen molar-refractivity contribution in [3.05, 3.63) is 16.4 Å². The molecule has 2 unspecified atom stereocenters. The van der Waals surface area contributed by atoms with Crippen molar-refractivity contribution in [3.8, 4) is 0 Å². The quantitative estimate of drug-likeness (QED) is 0.632. The highest BCUT2D eigenvalue weighted by Gasteiger charge is 2.26. The van der Waals surface area contributed by atoms with Crippen LogP contribution < -0.4 is 5.32 Å². The first-order chi connectivity index (χ1) is 10.1. The Bertz CT molecular complexity index is 441. The first kappa shape index (κ1) is 16.8. The molecule has 0 radical (unpaired) electrons. The average Bonchev–Trinajstić information content (AvgIpc) is 2.64. The normalized spacial score (nSPS) is 23.2. The maximum atomic E-state index is 6.45. The molecule has 0 amide bonds. The van der Waals surface area contributed by atoms with Gasteiger partial charge in [0.2, 0.25) is 0 Å². The van der Waals surface area contributed by atoms with Gasteiger partial charge in [0.15, 0.2) is 0 Å². The van der Waals surface area contributed by atoms with Gasteiger partial charge in [-0.2, -0.15) is 5.10 Å². The first-order valence-corrected chi connectivity index (χ1v) is 8.90. The summed E-state index contributed by atoms with van der Waals surface area (Å²) in [5, 5.41) is 8.97. The minimum absolute atomic E-state index is 0.740. The van der Waals surface area contributed by atoms with E-state index >= 15 is 0 Å². The molecule has 0 saturated heterocycles. The van der Waals surface area contributed by atoms with Gasteiger partial charge in [0.05, 0.1) is 16.4 Å². The second-order valence-corrected chi connectivity index (χ2v) is 6.91. The molecule has 21 heavy (non-hydrogen) atoms. The van der Waals surface area contributed by atoms with Gasteiger partial charge in [0.1, 0.15) is 0 Å². The van der Waals surface area contributed by atoms with E-state index in [1.54, 1.807) is 0 Å². The maximum absolute atomic E-state index is 6.45. The molecule has 1 aromatic heterocycles. The molecule has 1 fully saturated rings. The van der Waals surface area contributed by atoms with Crippen molar-refractivity contribution in [2.24, 2.45) is 18.9 Å². The van der Waals surface area contributed by atoms with Crippen LogP contribution in [-0.2, 0) is 13.5 Å². The number of hydrogen-bond acceptors (Lipinski definition) is 2. The molecular weight excluding hydrogens is 282 g/mol. The van der Waals surface area contributed by atoms with Crippen LogP contribution >= 0.6 is 11.6 Å². The Kier molecular flexibility index (Phi) is 6.56. The Morgan fingerprint density at radius 2 is 1.95 bits per heavy atom. The Morgan fingerprint density at radius 3 is 2.57 bits per heavy atom. The molecule has 1 heterocycles. The fourth-order valence-electron chi connectivity index (χ4n) is 3.61. The number of nitrogens with one attached hydrogen (secondary N) is 1. The number of aryl methyl sites for hydroxylation is 2. The van der Waals surface area contributed by atoms with E-state index in [2.05, 4.69) is 17.3 Å². The minimum Gasteiger partial charge on any atom is -0.316 e. The van der Waals surface area contributed by atoms with Crippen LogP contribution in [-0.4, -0.2) is 22.9 Å². The molecule has 120 valence electrons. The lowest BCUT2D eigenvalue weighted by molar-refractivity contribution is 0.294. The summed E-state index contributed by atoms with van der Waals surface area (Å²) >= 11 is 6.45. The first-order valence-electron chi connectivity index (χ1n) is 8.52. The van der Waals surface area contributed by atoms with Crippen LogP contribution in [0.15, 0.2) is 0 Å². The van der Waals surface area contributed by atoms with Crippen molar-refractivity contribution in [2.45, 2.75) is 58.8 Å². The molecule has 1 aliphatic carbocycles. The largest absolute Gasteiger partial charge is 0.316 e. The zero-order valence-electron chi connectivity index (χ0n) is 13.8. The summed E-state index contributed by atoms with van der Waals surface area (Å²) in [6.07, 6.45) is 9.11. The van der Waals surface area contributed by atoms with Gasteiger partial charge in [-0.15, -0.1) is 0 Å². The lowest BCUT2D eigenvalue weighted by atomic mass is 9.84. The third kappa shape index (κ3) is 4.46. The van der Waals surface area contributed by atoms with Crippen LogP contribution in [0.3, 0.4) is 0 Å². The zero-order chi connectivity index (χ0) is 15.2. The van der Waals surface area contributed by atoms with E-state index in [4.69, 9.17) is 11.6 Å². The van der Waals surface area contributed by atoms with Gasteiger partial charge in [-0.3, -0.25) is 4.68 Å². The van der Waals surface area contributed by atoms with Crippen molar-refractivity contribution >= 4 is 11.6 Å². The summed E-state index contributed by atoms with van der Waals surface area (Å²) in [5.74, 6) is 1.52.